The summed E-state index contributed by atoms with van der Waals surface area (Å²) in [6.07, 6.45) is 2.50. The van der Waals surface area contributed by atoms with Gasteiger partial charge in [-0.25, -0.2) is 9.97 Å². The van der Waals surface area contributed by atoms with Crippen LogP contribution in [0.15, 0.2) is 18.6 Å². The van der Waals surface area contributed by atoms with Gasteiger partial charge in [0.05, 0.1) is 12.1 Å². The van der Waals surface area contributed by atoms with Crippen molar-refractivity contribution in [3.8, 4) is 0 Å². The van der Waals surface area contributed by atoms with Crippen molar-refractivity contribution in [2.45, 2.75) is 63.6 Å². The lowest BCUT2D eigenvalue weighted by Crippen LogP contribution is -2.50. The smallest absolute Gasteiger partial charge is 0.409 e. The number of aliphatic hydroxyl groups is 1. The third-order valence-electron chi connectivity index (χ3n) is 5.34. The van der Waals surface area contributed by atoms with Crippen LogP contribution in [0, 0.1) is 5.92 Å². The molecule has 2 rings (SSSR count). The highest BCUT2D eigenvalue weighted by Crippen LogP contribution is 2.43. The number of anilines is 1. The summed E-state index contributed by atoms with van der Waals surface area (Å²) in [5.74, 6) is 0.342. The van der Waals surface area contributed by atoms with E-state index < -0.39 is 28.8 Å². The summed E-state index contributed by atoms with van der Waals surface area (Å²) < 4.78 is 23.2. The van der Waals surface area contributed by atoms with Crippen LogP contribution >= 0.6 is 8.25 Å². The second kappa shape index (κ2) is 8.37. The zero-order valence-electron chi connectivity index (χ0n) is 15.9. The van der Waals surface area contributed by atoms with E-state index in [-0.39, 0.29) is 23.6 Å². The quantitative estimate of drug-likeness (QED) is 0.471. The maximum atomic E-state index is 11.3. The Hall–Kier alpha value is -0.963. The van der Waals surface area contributed by atoms with Gasteiger partial charge in [0.25, 0.3) is 0 Å². The van der Waals surface area contributed by atoms with Crippen LogP contribution in [0.3, 0.4) is 0 Å². The third-order valence-corrected chi connectivity index (χ3v) is 10.2. The van der Waals surface area contributed by atoms with Crippen molar-refractivity contribution in [2.75, 3.05) is 11.9 Å². The van der Waals surface area contributed by atoms with Crippen LogP contribution in [-0.2, 0) is 13.5 Å². The predicted molar refractivity (Wildman–Crippen MR) is 101 cm³/mol. The van der Waals surface area contributed by atoms with E-state index in [4.69, 9.17) is 8.95 Å². The topological polar surface area (TPSA) is 114 Å². The number of nitrogens with one attached hydrogen (secondary N) is 1. The Labute approximate surface area is 156 Å². The molecule has 0 saturated heterocycles. The maximum absolute atomic E-state index is 11.3. The fourth-order valence-electron chi connectivity index (χ4n) is 2.89. The van der Waals surface area contributed by atoms with Gasteiger partial charge in [-0.15, -0.1) is 9.42 Å². The van der Waals surface area contributed by atoms with Gasteiger partial charge in [-0.3, -0.25) is 0 Å². The van der Waals surface area contributed by atoms with Crippen LogP contribution in [0.4, 0.5) is 5.82 Å². The molecule has 26 heavy (non-hydrogen) atoms. The van der Waals surface area contributed by atoms with Crippen molar-refractivity contribution in [3.05, 3.63) is 18.6 Å². The van der Waals surface area contributed by atoms with Gasteiger partial charge in [-0.1, -0.05) is 20.8 Å². The molecule has 0 aliphatic heterocycles. The Morgan fingerprint density at radius 1 is 1.38 bits per heavy atom. The Balaban J connectivity index is 2.30. The minimum atomic E-state index is -2.80. The van der Waals surface area contributed by atoms with E-state index in [0.29, 0.717) is 12.2 Å². The number of hydrogen-bond acceptors (Lipinski definition) is 7. The summed E-state index contributed by atoms with van der Waals surface area (Å²) in [4.78, 5) is 17.4. The fourth-order valence-corrected chi connectivity index (χ4v) is 4.73. The van der Waals surface area contributed by atoms with E-state index in [2.05, 4.69) is 49.1 Å². The van der Waals surface area contributed by atoms with Gasteiger partial charge >= 0.3 is 8.25 Å². The molecule has 8 nitrogen and oxygen atoms in total. The lowest BCUT2D eigenvalue weighted by atomic mass is 10.1. The van der Waals surface area contributed by atoms with Gasteiger partial charge in [-0.05, 0) is 30.6 Å². The summed E-state index contributed by atoms with van der Waals surface area (Å²) in [7, 11) is -4.97. The summed E-state index contributed by atoms with van der Waals surface area (Å²) in [6.45, 7) is 10.5. The second-order valence-corrected chi connectivity index (χ2v) is 13.6. The van der Waals surface area contributed by atoms with Crippen molar-refractivity contribution >= 4 is 22.4 Å². The molecule has 0 bridgehead atoms. The second-order valence-electron chi connectivity index (χ2n) is 8.17. The van der Waals surface area contributed by atoms with Crippen molar-refractivity contribution < 1.29 is 23.5 Å². The van der Waals surface area contributed by atoms with Gasteiger partial charge in [-0.2, -0.15) is 0 Å². The summed E-state index contributed by atoms with van der Waals surface area (Å²) in [6, 6.07) is 1.55. The highest BCUT2D eigenvalue weighted by atomic mass is 31.1. The lowest BCUT2D eigenvalue weighted by Gasteiger charge is -2.40. The molecule has 1 aromatic rings. The first-order valence-corrected chi connectivity index (χ1v) is 12.7. The van der Waals surface area contributed by atoms with Crippen LogP contribution in [0.25, 0.3) is 0 Å². The number of rotatable bonds is 7. The molecular weight excluding hydrogens is 373 g/mol. The summed E-state index contributed by atoms with van der Waals surface area (Å²) in [5, 5.41) is 13.0. The van der Waals surface area contributed by atoms with Crippen molar-refractivity contribution in [1.82, 2.24) is 9.97 Å². The van der Waals surface area contributed by atoms with Crippen molar-refractivity contribution in [3.63, 3.8) is 0 Å². The van der Waals surface area contributed by atoms with Gasteiger partial charge in [0.1, 0.15) is 18.2 Å². The molecule has 0 spiro atoms. The van der Waals surface area contributed by atoms with Crippen LogP contribution in [0.5, 0.6) is 0 Å². The Bertz CT molecular complexity index is 614. The molecule has 10 heteroatoms. The number of aliphatic hydroxyl groups excluding tert-OH is 1. The molecule has 1 saturated carbocycles. The molecule has 1 aromatic heterocycles. The first kappa shape index (κ1) is 21.3. The molecule has 1 aliphatic rings. The standard InChI is InChI=1S/C16H28N3O5PSi/c1-16(2,3)26(4,5)24-15-12(19-13-6-7-17-10-18-13)8-11(9-20)14(15)23-25(21)22/h6-7,10-12,14-15,20H,8-9H2,1-5H3,(H-,17,18,19,21,22)/p+1/t11-,12-,14-,15?/m1/s1. The van der Waals surface area contributed by atoms with Crippen LogP contribution in [-0.4, -0.2) is 53.1 Å². The Morgan fingerprint density at radius 3 is 2.58 bits per heavy atom. The van der Waals surface area contributed by atoms with Crippen molar-refractivity contribution in [1.29, 1.82) is 0 Å². The van der Waals surface area contributed by atoms with E-state index in [1.54, 1.807) is 12.3 Å². The third kappa shape index (κ3) is 5.06. The molecule has 3 N–H and O–H groups in total. The normalized spacial score (nSPS) is 27.4. The average molecular weight is 402 g/mol. The SMILES string of the molecule is CC(C)(C)[Si](C)(C)OC1[C@H](Nc2ccncn2)C[C@H](CO)[C@H]1O[P+](=O)O. The molecule has 1 heterocycles. The van der Waals surface area contributed by atoms with E-state index in [9.17, 15) is 14.6 Å². The van der Waals surface area contributed by atoms with Gasteiger partial charge in [0.15, 0.2) is 8.32 Å². The Kier molecular flexibility index (Phi) is 6.87. The average Bonchev–Trinajstić information content (AvgIpc) is 2.83. The van der Waals surface area contributed by atoms with Crippen LogP contribution in [0.2, 0.25) is 18.1 Å². The van der Waals surface area contributed by atoms with E-state index in [1.807, 2.05) is 0 Å². The van der Waals surface area contributed by atoms with Crippen LogP contribution in [0.1, 0.15) is 27.2 Å². The minimum absolute atomic E-state index is 0.0320. The first-order valence-electron chi connectivity index (χ1n) is 8.69. The molecule has 0 radical (unpaired) electrons. The molecule has 0 aromatic carbocycles. The molecular formula is C16H29N3O5PSi+. The van der Waals surface area contributed by atoms with Gasteiger partial charge in [0, 0.05) is 23.3 Å². The number of aromatic nitrogens is 2. The largest absolute Gasteiger partial charge is 0.695 e. The molecule has 1 aliphatic carbocycles. The monoisotopic (exact) mass is 402 g/mol. The zero-order chi connectivity index (χ0) is 19.5. The number of nitrogens with zero attached hydrogens (tertiary/aromatic N) is 2. The predicted octanol–water partition coefficient (Wildman–Crippen LogP) is 2.69. The van der Waals surface area contributed by atoms with E-state index in [1.165, 1.54) is 6.33 Å². The van der Waals surface area contributed by atoms with Crippen molar-refractivity contribution in [2.24, 2.45) is 5.92 Å². The molecule has 146 valence electrons. The molecule has 2 unspecified atom stereocenters. The summed E-state index contributed by atoms with van der Waals surface area (Å²) >= 11 is 0. The highest BCUT2D eigenvalue weighted by Gasteiger charge is 2.52. The lowest BCUT2D eigenvalue weighted by molar-refractivity contribution is 0.0258. The highest BCUT2D eigenvalue weighted by molar-refractivity contribution is 7.32. The van der Waals surface area contributed by atoms with E-state index >= 15 is 0 Å². The number of hydrogen-bond donors (Lipinski definition) is 3. The van der Waals surface area contributed by atoms with E-state index in [0.717, 1.165) is 0 Å². The van der Waals surface area contributed by atoms with Gasteiger partial charge in [0.2, 0.25) is 0 Å². The summed E-state index contributed by atoms with van der Waals surface area (Å²) in [5.41, 5.74) is 0. The fraction of sp³-hybridized carbons (Fsp3) is 0.750. The van der Waals surface area contributed by atoms with Crippen LogP contribution < -0.4 is 5.32 Å². The first-order chi connectivity index (χ1) is 12.0. The zero-order valence-corrected chi connectivity index (χ0v) is 17.8. The Morgan fingerprint density at radius 2 is 2.08 bits per heavy atom. The minimum Gasteiger partial charge on any atom is -0.409 e. The molecule has 1 fully saturated rings. The van der Waals surface area contributed by atoms with Gasteiger partial charge < -0.3 is 14.8 Å². The molecule has 0 amide bonds. The maximum Gasteiger partial charge on any atom is 0.695 e. The molecule has 5 atom stereocenters.